The Bertz CT molecular complexity index is 1430. The number of rotatable bonds is 4. The van der Waals surface area contributed by atoms with Gasteiger partial charge >= 0.3 is 12.5 Å². The third kappa shape index (κ3) is 4.28. The quantitative estimate of drug-likeness (QED) is 0.420. The van der Waals surface area contributed by atoms with Gasteiger partial charge in [0, 0.05) is 10.8 Å². The van der Waals surface area contributed by atoms with E-state index < -0.39 is 38.8 Å². The van der Waals surface area contributed by atoms with Crippen molar-refractivity contribution in [1.82, 2.24) is 9.89 Å². The van der Waals surface area contributed by atoms with Gasteiger partial charge in [-0.3, -0.25) is 0 Å². The highest BCUT2D eigenvalue weighted by atomic mass is 32.2. The number of aromatic nitrogens is 2. The molecule has 1 aromatic heterocycles. The molecule has 1 N–H and O–H groups in total. The van der Waals surface area contributed by atoms with Crippen molar-refractivity contribution in [3.05, 3.63) is 66.4 Å². The molecule has 0 spiro atoms. The number of nitrogens with zero attached hydrogens (tertiary/aromatic N) is 2. The number of alkyl halides is 6. The summed E-state index contributed by atoms with van der Waals surface area (Å²) in [6.45, 7) is 0. The maximum absolute atomic E-state index is 12.9. The predicted molar refractivity (Wildman–Crippen MR) is 102 cm³/mol. The van der Waals surface area contributed by atoms with Gasteiger partial charge in [-0.15, -0.1) is 13.2 Å². The Morgan fingerprint density at radius 3 is 2.31 bits per heavy atom. The molecule has 4 aromatic rings. The van der Waals surface area contributed by atoms with Gasteiger partial charge in [0.2, 0.25) is 0 Å². The number of nitrogens with one attached hydrogen (secondary N) is 1. The number of benzene rings is 3. The average molecular weight is 475 g/mol. The van der Waals surface area contributed by atoms with E-state index >= 15 is 0 Å². The second kappa shape index (κ2) is 7.29. The summed E-state index contributed by atoms with van der Waals surface area (Å²) in [6, 6.07) is 9.59. The van der Waals surface area contributed by atoms with Gasteiger partial charge in [0.25, 0.3) is 10.0 Å². The summed E-state index contributed by atoms with van der Waals surface area (Å²) in [6.07, 6.45) is -8.33. The normalized spacial score (nSPS) is 12.9. The molecule has 0 aliphatic rings. The van der Waals surface area contributed by atoms with Crippen molar-refractivity contribution in [3.63, 3.8) is 0 Å². The highest BCUT2D eigenvalue weighted by molar-refractivity contribution is 7.92. The van der Waals surface area contributed by atoms with E-state index in [4.69, 9.17) is 0 Å². The fourth-order valence-electron chi connectivity index (χ4n) is 3.10. The minimum absolute atomic E-state index is 0.191. The van der Waals surface area contributed by atoms with Crippen LogP contribution in [0.4, 0.5) is 26.3 Å². The van der Waals surface area contributed by atoms with Crippen molar-refractivity contribution in [2.75, 3.05) is 4.83 Å². The van der Waals surface area contributed by atoms with E-state index in [0.29, 0.717) is 22.2 Å². The molecule has 0 radical (unpaired) electrons. The van der Waals surface area contributed by atoms with E-state index in [9.17, 15) is 34.8 Å². The van der Waals surface area contributed by atoms with Crippen molar-refractivity contribution in [2.24, 2.45) is 0 Å². The molecule has 0 saturated carbocycles. The van der Waals surface area contributed by atoms with E-state index in [1.165, 1.54) is 24.4 Å². The van der Waals surface area contributed by atoms with Crippen LogP contribution in [-0.2, 0) is 16.2 Å². The van der Waals surface area contributed by atoms with E-state index in [0.717, 1.165) is 35.1 Å². The summed E-state index contributed by atoms with van der Waals surface area (Å²) in [5.41, 5.74) is -0.954. The molecule has 13 heteroatoms. The lowest BCUT2D eigenvalue weighted by molar-refractivity contribution is -0.274. The first-order chi connectivity index (χ1) is 14.8. The molecule has 6 nitrogen and oxygen atoms in total. The van der Waals surface area contributed by atoms with E-state index in [1.807, 2.05) is 0 Å². The fraction of sp³-hybridized carbons (Fsp3) is 0.105. The molecular weight excluding hydrogens is 464 g/mol. The van der Waals surface area contributed by atoms with Crippen LogP contribution in [0.15, 0.2) is 65.7 Å². The lowest BCUT2D eigenvalue weighted by atomic mass is 10.1. The average Bonchev–Trinajstić information content (AvgIpc) is 3.08. The third-order valence-corrected chi connectivity index (χ3v) is 5.72. The molecule has 0 aliphatic carbocycles. The number of hydrogen-bond acceptors (Lipinski definition) is 4. The van der Waals surface area contributed by atoms with Crippen LogP contribution in [0.1, 0.15) is 5.56 Å². The summed E-state index contributed by atoms with van der Waals surface area (Å²) >= 11 is 0. The van der Waals surface area contributed by atoms with Crippen LogP contribution in [0.5, 0.6) is 5.75 Å². The zero-order valence-electron chi connectivity index (χ0n) is 15.6. The van der Waals surface area contributed by atoms with E-state index in [2.05, 4.69) is 14.7 Å². The van der Waals surface area contributed by atoms with Gasteiger partial charge in [-0.2, -0.15) is 36.3 Å². The van der Waals surface area contributed by atoms with Crippen LogP contribution < -0.4 is 9.57 Å². The Morgan fingerprint density at radius 1 is 0.906 bits per heavy atom. The van der Waals surface area contributed by atoms with Crippen molar-refractivity contribution in [2.45, 2.75) is 17.4 Å². The van der Waals surface area contributed by atoms with Gasteiger partial charge in [0.1, 0.15) is 11.3 Å². The first-order valence-electron chi connectivity index (χ1n) is 8.70. The van der Waals surface area contributed by atoms with Crippen molar-refractivity contribution in [3.8, 4) is 5.75 Å². The SMILES string of the molecule is O=S(=O)(Nn1ncc2ccc3cc(OC(F)(F)F)ccc3c21)c1cccc(C(F)(F)F)c1. The van der Waals surface area contributed by atoms with Crippen LogP contribution in [0.25, 0.3) is 21.7 Å². The first kappa shape index (κ1) is 21.7. The number of fused-ring (bicyclic) bond motifs is 3. The molecule has 0 fully saturated rings. The number of ether oxygens (including phenoxy) is 1. The molecule has 3 aromatic carbocycles. The van der Waals surface area contributed by atoms with Crippen LogP contribution in [0.2, 0.25) is 0 Å². The molecule has 0 atom stereocenters. The summed E-state index contributed by atoms with van der Waals surface area (Å²) < 4.78 is 105. The van der Waals surface area contributed by atoms with Gasteiger partial charge in [-0.1, -0.05) is 18.2 Å². The van der Waals surface area contributed by atoms with Gasteiger partial charge < -0.3 is 4.74 Å². The predicted octanol–water partition coefficient (Wildman–Crippen LogP) is 5.04. The number of sulfonamides is 1. The molecule has 4 rings (SSSR count). The molecule has 0 unspecified atom stereocenters. The summed E-state index contributed by atoms with van der Waals surface area (Å²) in [4.78, 5) is 2.27. The molecule has 0 saturated heterocycles. The van der Waals surface area contributed by atoms with Gasteiger partial charge in [0.15, 0.2) is 0 Å². The minimum Gasteiger partial charge on any atom is -0.406 e. The van der Waals surface area contributed by atoms with Crippen LogP contribution in [0, 0.1) is 0 Å². The first-order valence-corrected chi connectivity index (χ1v) is 10.2. The maximum atomic E-state index is 12.9. The fourth-order valence-corrected chi connectivity index (χ4v) is 4.11. The third-order valence-electron chi connectivity index (χ3n) is 4.43. The Kier molecular flexibility index (Phi) is 4.95. The lowest BCUT2D eigenvalue weighted by Crippen LogP contribution is -2.24. The summed E-state index contributed by atoms with van der Waals surface area (Å²) in [7, 11) is -4.48. The molecule has 0 amide bonds. The second-order valence-corrected chi connectivity index (χ2v) is 8.27. The van der Waals surface area contributed by atoms with Crippen LogP contribution >= 0.6 is 0 Å². The standard InChI is InChI=1S/C19H11F6N3O3S/c20-18(21,22)13-2-1-3-15(9-13)32(29,30)27-28-17-12(10-26-28)5-4-11-8-14(6-7-16(11)17)31-19(23,24)25/h1-10,27H. The van der Waals surface area contributed by atoms with E-state index in [-0.39, 0.29) is 5.52 Å². The van der Waals surface area contributed by atoms with E-state index in [1.54, 1.807) is 0 Å². The minimum atomic E-state index is -4.89. The largest absolute Gasteiger partial charge is 0.573 e. The monoisotopic (exact) mass is 475 g/mol. The Balaban J connectivity index is 1.76. The zero-order valence-corrected chi connectivity index (χ0v) is 16.4. The smallest absolute Gasteiger partial charge is 0.406 e. The Labute approximate surface area is 176 Å². The van der Waals surface area contributed by atoms with Crippen molar-refractivity contribution >= 4 is 31.7 Å². The summed E-state index contributed by atoms with van der Waals surface area (Å²) in [5.74, 6) is -0.472. The second-order valence-electron chi connectivity index (χ2n) is 6.61. The lowest BCUT2D eigenvalue weighted by Gasteiger charge is -2.13. The highest BCUT2D eigenvalue weighted by Crippen LogP contribution is 2.32. The topological polar surface area (TPSA) is 73.2 Å². The Hall–Kier alpha value is -3.48. The highest BCUT2D eigenvalue weighted by Gasteiger charge is 2.32. The maximum Gasteiger partial charge on any atom is 0.573 e. The van der Waals surface area contributed by atoms with Gasteiger partial charge in [-0.05, 0) is 41.8 Å². The van der Waals surface area contributed by atoms with Crippen LogP contribution in [-0.4, -0.2) is 24.7 Å². The number of hydrogen-bond donors (Lipinski definition) is 1. The molecule has 1 heterocycles. The van der Waals surface area contributed by atoms with Crippen molar-refractivity contribution < 1.29 is 39.5 Å². The molecular formula is C19H11F6N3O3S. The molecule has 0 bridgehead atoms. The van der Waals surface area contributed by atoms with Crippen LogP contribution in [0.3, 0.4) is 0 Å². The Morgan fingerprint density at radius 2 is 1.62 bits per heavy atom. The molecule has 32 heavy (non-hydrogen) atoms. The van der Waals surface area contributed by atoms with Gasteiger partial charge in [-0.25, -0.2) is 0 Å². The molecule has 168 valence electrons. The summed E-state index contributed by atoms with van der Waals surface area (Å²) in [5, 5.41) is 4.97. The number of halogens is 6. The van der Waals surface area contributed by atoms with Gasteiger partial charge in [0.05, 0.1) is 16.7 Å². The molecule has 0 aliphatic heterocycles. The van der Waals surface area contributed by atoms with Crippen molar-refractivity contribution in [1.29, 1.82) is 0 Å². The zero-order chi connectivity index (χ0) is 23.3.